The van der Waals surface area contributed by atoms with Crippen LogP contribution in [0.25, 0.3) is 22.6 Å². The van der Waals surface area contributed by atoms with Crippen molar-refractivity contribution in [3.8, 4) is 22.6 Å². The Kier molecular flexibility index (Phi) is 12.5. The molecule has 3 heteroatoms. The van der Waals surface area contributed by atoms with E-state index in [1.165, 1.54) is 94.6 Å². The molecular weight excluding hydrogens is 426 g/mol. The normalized spacial score (nSPS) is 11.1. The smallest absolute Gasteiger partial charge is 0.159 e. The van der Waals surface area contributed by atoms with Crippen LogP contribution in [0.1, 0.15) is 108 Å². The number of benzene rings is 1. The lowest BCUT2D eigenvalue weighted by molar-refractivity contribution is 0.575. The van der Waals surface area contributed by atoms with E-state index in [4.69, 9.17) is 4.98 Å². The number of rotatable bonds is 17. The minimum atomic E-state index is 0.794. The Hall–Kier alpha value is -2.55. The van der Waals surface area contributed by atoms with E-state index in [9.17, 15) is 0 Å². The molecular formula is C32H45N3. The molecule has 0 N–H and O–H groups in total. The first-order chi connectivity index (χ1) is 17.3. The molecule has 0 unspecified atom stereocenters. The Balaban J connectivity index is 1.43. The van der Waals surface area contributed by atoms with Crippen LogP contribution in [0.3, 0.4) is 0 Å². The topological polar surface area (TPSA) is 38.7 Å². The monoisotopic (exact) mass is 471 g/mol. The van der Waals surface area contributed by atoms with Crippen LogP contribution in [-0.4, -0.2) is 15.0 Å². The molecule has 0 saturated heterocycles. The molecule has 0 aliphatic carbocycles. The number of aromatic nitrogens is 3. The molecule has 0 aliphatic rings. The summed E-state index contributed by atoms with van der Waals surface area (Å²) in [5.74, 6) is 0.794. The van der Waals surface area contributed by atoms with E-state index in [2.05, 4.69) is 60.2 Å². The van der Waals surface area contributed by atoms with Gasteiger partial charge in [0.2, 0.25) is 0 Å². The lowest BCUT2D eigenvalue weighted by atomic mass is 10.0. The average Bonchev–Trinajstić information content (AvgIpc) is 2.91. The van der Waals surface area contributed by atoms with Crippen LogP contribution in [0, 0.1) is 0 Å². The minimum Gasteiger partial charge on any atom is -0.256 e. The summed E-state index contributed by atoms with van der Waals surface area (Å²) in [6.45, 7) is 4.53. The molecule has 0 atom stereocenters. The first kappa shape index (κ1) is 27.0. The Morgan fingerprint density at radius 2 is 0.943 bits per heavy atom. The van der Waals surface area contributed by atoms with Crippen molar-refractivity contribution in [3.05, 3.63) is 66.1 Å². The van der Waals surface area contributed by atoms with Crippen LogP contribution < -0.4 is 0 Å². The molecule has 188 valence electrons. The van der Waals surface area contributed by atoms with Gasteiger partial charge in [-0.2, -0.15) is 0 Å². The number of hydrogen-bond donors (Lipinski definition) is 0. The summed E-state index contributed by atoms with van der Waals surface area (Å²) in [5.41, 5.74) is 5.78. The lowest BCUT2D eigenvalue weighted by Crippen LogP contribution is -1.94. The van der Waals surface area contributed by atoms with E-state index in [1.54, 1.807) is 0 Å². The molecule has 0 spiro atoms. The zero-order valence-corrected chi connectivity index (χ0v) is 22.1. The van der Waals surface area contributed by atoms with E-state index in [0.29, 0.717) is 0 Å². The van der Waals surface area contributed by atoms with Gasteiger partial charge in [-0.1, -0.05) is 115 Å². The summed E-state index contributed by atoms with van der Waals surface area (Å²) >= 11 is 0. The molecule has 0 bridgehead atoms. The van der Waals surface area contributed by atoms with Gasteiger partial charge in [0.25, 0.3) is 0 Å². The third-order valence-electron chi connectivity index (χ3n) is 6.86. The quantitative estimate of drug-likeness (QED) is 0.184. The number of pyridine rings is 1. The molecule has 0 radical (unpaired) electrons. The minimum absolute atomic E-state index is 0.794. The lowest BCUT2D eigenvalue weighted by Gasteiger charge is -2.06. The third kappa shape index (κ3) is 9.92. The van der Waals surface area contributed by atoms with Crippen molar-refractivity contribution >= 4 is 0 Å². The second-order valence-electron chi connectivity index (χ2n) is 9.93. The van der Waals surface area contributed by atoms with Crippen LogP contribution in [0.2, 0.25) is 0 Å². The number of unbranched alkanes of at least 4 members (excludes halogenated alkanes) is 11. The fourth-order valence-corrected chi connectivity index (χ4v) is 4.56. The van der Waals surface area contributed by atoms with E-state index < -0.39 is 0 Å². The van der Waals surface area contributed by atoms with E-state index in [0.717, 1.165) is 35.5 Å². The Bertz CT molecular complexity index is 930. The fourth-order valence-electron chi connectivity index (χ4n) is 4.56. The maximum Gasteiger partial charge on any atom is 0.159 e. The van der Waals surface area contributed by atoms with Crippen LogP contribution >= 0.6 is 0 Å². The summed E-state index contributed by atoms with van der Waals surface area (Å²) in [7, 11) is 0. The fraction of sp³-hybridized carbons (Fsp3) is 0.531. The highest BCUT2D eigenvalue weighted by Gasteiger charge is 2.05. The molecule has 35 heavy (non-hydrogen) atoms. The van der Waals surface area contributed by atoms with Gasteiger partial charge >= 0.3 is 0 Å². The third-order valence-corrected chi connectivity index (χ3v) is 6.86. The van der Waals surface area contributed by atoms with Gasteiger partial charge in [-0.25, -0.2) is 9.97 Å². The molecule has 0 saturated carbocycles. The van der Waals surface area contributed by atoms with E-state index in [1.807, 2.05) is 18.6 Å². The highest BCUT2D eigenvalue weighted by molar-refractivity contribution is 5.65. The number of nitrogens with zero attached hydrogens (tertiary/aromatic N) is 3. The van der Waals surface area contributed by atoms with E-state index in [-0.39, 0.29) is 0 Å². The molecule has 3 aromatic rings. The summed E-state index contributed by atoms with van der Waals surface area (Å²) in [4.78, 5) is 14.0. The Morgan fingerprint density at radius 3 is 1.49 bits per heavy atom. The molecule has 0 fully saturated rings. The molecule has 2 aromatic heterocycles. The summed E-state index contributed by atoms with van der Waals surface area (Å²) in [6.07, 6.45) is 25.6. The van der Waals surface area contributed by atoms with E-state index >= 15 is 0 Å². The highest BCUT2D eigenvalue weighted by atomic mass is 14.9. The molecule has 2 heterocycles. The van der Waals surface area contributed by atoms with Gasteiger partial charge < -0.3 is 0 Å². The summed E-state index contributed by atoms with van der Waals surface area (Å²) < 4.78 is 0. The second-order valence-corrected chi connectivity index (χ2v) is 9.93. The van der Waals surface area contributed by atoms with Crippen LogP contribution in [0.5, 0.6) is 0 Å². The average molecular weight is 472 g/mol. The zero-order valence-electron chi connectivity index (χ0n) is 22.1. The molecule has 0 aliphatic heterocycles. The summed E-state index contributed by atoms with van der Waals surface area (Å²) in [6, 6.07) is 12.8. The summed E-state index contributed by atoms with van der Waals surface area (Å²) in [5, 5.41) is 0. The largest absolute Gasteiger partial charge is 0.256 e. The molecule has 1 aromatic carbocycles. The SMILES string of the molecule is CCCCCCCCCCc1cnc(-c2ccc(-c3ccc(CCCCCCC)cn3)cc2)nc1. The number of aryl methyl sites for hydroxylation is 2. The predicted molar refractivity (Wildman–Crippen MR) is 149 cm³/mol. The van der Waals surface area contributed by atoms with Gasteiger partial charge in [0.15, 0.2) is 5.82 Å². The van der Waals surface area contributed by atoms with Crippen molar-refractivity contribution in [2.24, 2.45) is 0 Å². The van der Waals surface area contributed by atoms with Gasteiger partial charge in [0.1, 0.15) is 0 Å². The van der Waals surface area contributed by atoms with Gasteiger partial charge in [0, 0.05) is 29.7 Å². The van der Waals surface area contributed by atoms with Crippen molar-refractivity contribution in [1.29, 1.82) is 0 Å². The first-order valence-corrected chi connectivity index (χ1v) is 14.2. The van der Waals surface area contributed by atoms with Crippen LogP contribution in [0.15, 0.2) is 55.0 Å². The molecule has 3 rings (SSSR count). The maximum absolute atomic E-state index is 4.71. The maximum atomic E-state index is 4.71. The Labute approximate surface area is 213 Å². The zero-order chi connectivity index (χ0) is 24.6. The highest BCUT2D eigenvalue weighted by Crippen LogP contribution is 2.22. The van der Waals surface area contributed by atoms with Gasteiger partial charge in [-0.05, 0) is 42.9 Å². The van der Waals surface area contributed by atoms with Crippen molar-refractivity contribution < 1.29 is 0 Å². The van der Waals surface area contributed by atoms with Crippen molar-refractivity contribution in [3.63, 3.8) is 0 Å². The molecule has 3 nitrogen and oxygen atoms in total. The second kappa shape index (κ2) is 16.2. The van der Waals surface area contributed by atoms with Crippen molar-refractivity contribution in [2.75, 3.05) is 0 Å². The Morgan fingerprint density at radius 1 is 0.457 bits per heavy atom. The predicted octanol–water partition coefficient (Wildman–Crippen LogP) is 9.40. The number of hydrogen-bond acceptors (Lipinski definition) is 3. The first-order valence-electron chi connectivity index (χ1n) is 14.2. The molecule has 0 amide bonds. The van der Waals surface area contributed by atoms with Gasteiger partial charge in [-0.15, -0.1) is 0 Å². The van der Waals surface area contributed by atoms with Crippen molar-refractivity contribution in [2.45, 2.75) is 110 Å². The standard InChI is InChI=1S/C32H45N3/c1-3-5-7-9-10-11-13-15-17-28-25-34-32(35-26-28)30-21-19-29(20-22-30)31-23-18-27(24-33-31)16-14-12-8-6-4-2/h18-26H,3-17H2,1-2H3. The van der Waals surface area contributed by atoms with Crippen LogP contribution in [0.4, 0.5) is 0 Å². The van der Waals surface area contributed by atoms with Gasteiger partial charge in [0.05, 0.1) is 5.69 Å². The van der Waals surface area contributed by atoms with Crippen LogP contribution in [-0.2, 0) is 12.8 Å². The van der Waals surface area contributed by atoms with Gasteiger partial charge in [-0.3, -0.25) is 4.98 Å². The van der Waals surface area contributed by atoms with Crippen molar-refractivity contribution in [1.82, 2.24) is 15.0 Å².